The predicted molar refractivity (Wildman–Crippen MR) is 99.3 cm³/mol. The van der Waals surface area contributed by atoms with E-state index in [1.807, 2.05) is 0 Å². The minimum atomic E-state index is -0.818. The van der Waals surface area contributed by atoms with Crippen LogP contribution in [-0.4, -0.2) is 50.4 Å². The Kier molecular flexibility index (Phi) is 4.47. The summed E-state index contributed by atoms with van der Waals surface area (Å²) in [6, 6.07) is 4.82. The molecule has 3 heterocycles. The van der Waals surface area contributed by atoms with Gasteiger partial charge in [-0.1, -0.05) is 6.07 Å². The molecule has 0 spiro atoms. The Balaban J connectivity index is 1.93. The molecule has 146 valence electrons. The van der Waals surface area contributed by atoms with Gasteiger partial charge in [0.25, 0.3) is 5.91 Å². The Hall–Kier alpha value is -3.40. The molecule has 0 bridgehead atoms. The van der Waals surface area contributed by atoms with Gasteiger partial charge in [0, 0.05) is 6.61 Å². The largest absolute Gasteiger partial charge is 0.504 e. The fraction of sp³-hybridized carbons (Fsp3) is 0.333. The summed E-state index contributed by atoms with van der Waals surface area (Å²) >= 11 is 0. The molecule has 0 unspecified atom stereocenters. The second kappa shape index (κ2) is 6.97. The molecular formula is C18H19N5O5. The molecule has 3 aromatic rings. The fourth-order valence-corrected chi connectivity index (χ4v) is 3.36. The van der Waals surface area contributed by atoms with E-state index in [9.17, 15) is 14.7 Å². The Morgan fingerprint density at radius 1 is 1.46 bits per heavy atom. The fourth-order valence-electron chi connectivity index (χ4n) is 3.36. The molecule has 0 radical (unpaired) electrons. The molecule has 1 aliphatic rings. The third-order valence-electron chi connectivity index (χ3n) is 4.73. The number of imidazole rings is 1. The third-order valence-corrected chi connectivity index (χ3v) is 4.73. The Labute approximate surface area is 158 Å². The highest BCUT2D eigenvalue weighted by Gasteiger charge is 2.24. The predicted octanol–water partition coefficient (Wildman–Crippen LogP) is 0.779. The van der Waals surface area contributed by atoms with Gasteiger partial charge in [-0.15, -0.1) is 0 Å². The maximum absolute atomic E-state index is 12.5. The van der Waals surface area contributed by atoms with Crippen molar-refractivity contribution >= 4 is 17.1 Å². The van der Waals surface area contributed by atoms with Crippen molar-refractivity contribution in [2.24, 2.45) is 5.73 Å². The van der Waals surface area contributed by atoms with Crippen molar-refractivity contribution in [1.82, 2.24) is 19.5 Å². The van der Waals surface area contributed by atoms with Crippen LogP contribution in [0.2, 0.25) is 0 Å². The number of phenolic OH excluding ortho intramolecular Hbond substituents is 1. The number of carbonyl (C=O) groups excluding carboxylic acids is 1. The molecule has 4 rings (SSSR count). The molecule has 28 heavy (non-hydrogen) atoms. The number of para-hydroxylation sites is 1. The van der Waals surface area contributed by atoms with Gasteiger partial charge in [0.05, 0.1) is 25.3 Å². The third kappa shape index (κ3) is 2.97. The molecule has 1 atom stereocenters. The maximum Gasteiger partial charge on any atom is 0.327 e. The van der Waals surface area contributed by atoms with Crippen LogP contribution in [0.25, 0.3) is 22.6 Å². The first-order chi connectivity index (χ1) is 13.5. The van der Waals surface area contributed by atoms with Crippen molar-refractivity contribution in [3.8, 4) is 22.9 Å². The van der Waals surface area contributed by atoms with Gasteiger partial charge in [-0.3, -0.25) is 9.36 Å². The number of amides is 1. The van der Waals surface area contributed by atoms with E-state index < -0.39 is 11.6 Å². The number of benzene rings is 1. The van der Waals surface area contributed by atoms with Crippen molar-refractivity contribution in [3.05, 3.63) is 34.4 Å². The van der Waals surface area contributed by atoms with Gasteiger partial charge in [0.1, 0.15) is 5.52 Å². The lowest BCUT2D eigenvalue weighted by atomic mass is 10.1. The van der Waals surface area contributed by atoms with Crippen LogP contribution >= 0.6 is 0 Å². The van der Waals surface area contributed by atoms with Crippen LogP contribution in [0.3, 0.4) is 0 Å². The minimum Gasteiger partial charge on any atom is -0.504 e. The number of aromatic hydroxyl groups is 1. The summed E-state index contributed by atoms with van der Waals surface area (Å²) in [4.78, 5) is 35.7. The Morgan fingerprint density at radius 2 is 2.29 bits per heavy atom. The van der Waals surface area contributed by atoms with Crippen LogP contribution in [0.5, 0.6) is 11.5 Å². The van der Waals surface area contributed by atoms with Gasteiger partial charge in [0.15, 0.2) is 28.7 Å². The van der Waals surface area contributed by atoms with Gasteiger partial charge in [-0.25, -0.2) is 14.8 Å². The molecule has 1 amide bonds. The number of nitrogens with one attached hydrogen (secondary N) is 1. The summed E-state index contributed by atoms with van der Waals surface area (Å²) < 4.78 is 12.1. The first-order valence-electron chi connectivity index (χ1n) is 8.78. The van der Waals surface area contributed by atoms with Gasteiger partial charge in [-0.2, -0.15) is 0 Å². The number of hydrogen-bond donors (Lipinski definition) is 3. The average Bonchev–Trinajstić information content (AvgIpc) is 3.30. The zero-order valence-corrected chi connectivity index (χ0v) is 15.1. The van der Waals surface area contributed by atoms with Crippen molar-refractivity contribution in [3.63, 3.8) is 0 Å². The molecule has 10 heteroatoms. The maximum atomic E-state index is 12.5. The van der Waals surface area contributed by atoms with Crippen molar-refractivity contribution in [1.29, 1.82) is 0 Å². The minimum absolute atomic E-state index is 0.0535. The molecular weight excluding hydrogens is 366 g/mol. The highest BCUT2D eigenvalue weighted by Crippen LogP contribution is 2.35. The first kappa shape index (κ1) is 18.0. The number of fused-ring (bicyclic) bond motifs is 1. The second-order valence-corrected chi connectivity index (χ2v) is 6.49. The number of ether oxygens (including phenoxy) is 2. The van der Waals surface area contributed by atoms with Gasteiger partial charge in [-0.05, 0) is 25.0 Å². The highest BCUT2D eigenvalue weighted by atomic mass is 16.5. The molecule has 2 aromatic heterocycles. The number of aromatic nitrogens is 4. The summed E-state index contributed by atoms with van der Waals surface area (Å²) in [5.74, 6) is -0.713. The van der Waals surface area contributed by atoms with E-state index in [0.29, 0.717) is 6.61 Å². The standard InChI is InChI=1S/C18H19N5O5/c1-27-11-6-2-5-10(14(11)24)16-20-12(15(19)25)13-17(22-16)23(18(26)21-13)8-9-4-3-7-28-9/h2,5-6,9,24H,3-4,7-8H2,1H3,(H2,19,25)(H,21,26)/t9-/m1/s1. The number of nitrogens with zero attached hydrogens (tertiary/aromatic N) is 3. The lowest BCUT2D eigenvalue weighted by molar-refractivity contribution is 0.0970. The number of rotatable bonds is 5. The molecule has 0 aliphatic carbocycles. The monoisotopic (exact) mass is 385 g/mol. The summed E-state index contributed by atoms with van der Waals surface area (Å²) in [5, 5.41) is 10.4. The van der Waals surface area contributed by atoms with E-state index in [1.54, 1.807) is 18.2 Å². The van der Waals surface area contributed by atoms with Crippen LogP contribution in [0, 0.1) is 0 Å². The van der Waals surface area contributed by atoms with Crippen molar-refractivity contribution in [2.75, 3.05) is 13.7 Å². The number of phenols is 1. The molecule has 1 aromatic carbocycles. The molecule has 10 nitrogen and oxygen atoms in total. The highest BCUT2D eigenvalue weighted by molar-refractivity contribution is 6.02. The van der Waals surface area contributed by atoms with Gasteiger partial charge < -0.3 is 25.3 Å². The van der Waals surface area contributed by atoms with Crippen LogP contribution in [0.4, 0.5) is 0 Å². The molecule has 4 N–H and O–H groups in total. The number of methoxy groups -OCH3 is 1. The van der Waals surface area contributed by atoms with E-state index in [1.165, 1.54) is 11.7 Å². The van der Waals surface area contributed by atoms with Crippen molar-refractivity contribution in [2.45, 2.75) is 25.5 Å². The number of hydrogen-bond acceptors (Lipinski definition) is 7. The number of H-pyrrole nitrogens is 1. The average molecular weight is 385 g/mol. The number of nitrogens with two attached hydrogens (primary N) is 1. The number of primary amides is 1. The molecule has 0 saturated carbocycles. The van der Waals surface area contributed by atoms with E-state index in [4.69, 9.17) is 15.2 Å². The number of carbonyl (C=O) groups is 1. The smallest absolute Gasteiger partial charge is 0.327 e. The van der Waals surface area contributed by atoms with Crippen LogP contribution in [-0.2, 0) is 11.3 Å². The second-order valence-electron chi connectivity index (χ2n) is 6.49. The zero-order valence-electron chi connectivity index (χ0n) is 15.1. The Bertz CT molecular complexity index is 1110. The Morgan fingerprint density at radius 3 is 2.96 bits per heavy atom. The lowest BCUT2D eigenvalue weighted by Gasteiger charge is -2.11. The lowest BCUT2D eigenvalue weighted by Crippen LogP contribution is -2.24. The summed E-state index contributed by atoms with van der Waals surface area (Å²) in [5.41, 5.74) is 5.53. The van der Waals surface area contributed by atoms with Crippen LogP contribution < -0.4 is 16.2 Å². The first-order valence-corrected chi connectivity index (χ1v) is 8.78. The SMILES string of the molecule is COc1cccc(-c2nc(C(N)=O)c3[nH]c(=O)n(C[C@H]4CCCO4)c3n2)c1O. The van der Waals surface area contributed by atoms with Crippen LogP contribution in [0.1, 0.15) is 23.3 Å². The summed E-state index contributed by atoms with van der Waals surface area (Å²) in [6.45, 7) is 0.934. The van der Waals surface area contributed by atoms with Crippen molar-refractivity contribution < 1.29 is 19.4 Å². The van der Waals surface area contributed by atoms with Crippen LogP contribution in [0.15, 0.2) is 23.0 Å². The van der Waals surface area contributed by atoms with Gasteiger partial charge in [0.2, 0.25) is 0 Å². The quantitative estimate of drug-likeness (QED) is 0.588. The summed E-state index contributed by atoms with van der Waals surface area (Å²) in [7, 11) is 1.42. The van der Waals surface area contributed by atoms with E-state index in [2.05, 4.69) is 15.0 Å². The summed E-state index contributed by atoms with van der Waals surface area (Å²) in [6.07, 6.45) is 1.64. The molecule has 1 saturated heterocycles. The van der Waals surface area contributed by atoms with E-state index >= 15 is 0 Å². The number of aromatic amines is 1. The zero-order chi connectivity index (χ0) is 19.8. The van der Waals surface area contributed by atoms with Gasteiger partial charge >= 0.3 is 5.69 Å². The van der Waals surface area contributed by atoms with E-state index in [-0.39, 0.29) is 52.4 Å². The topological polar surface area (TPSA) is 145 Å². The molecule has 1 fully saturated rings. The van der Waals surface area contributed by atoms with E-state index in [0.717, 1.165) is 12.8 Å². The molecule has 1 aliphatic heterocycles. The normalized spacial score (nSPS) is 16.5.